The van der Waals surface area contributed by atoms with Crippen molar-refractivity contribution in [2.24, 2.45) is 0 Å². The largest absolute Gasteiger partial charge is 0.497 e. The van der Waals surface area contributed by atoms with Crippen molar-refractivity contribution in [3.8, 4) is 5.75 Å². The molecule has 1 saturated heterocycles. The third kappa shape index (κ3) is 3.80. The third-order valence-electron chi connectivity index (χ3n) is 6.36. The lowest BCUT2D eigenvalue weighted by Gasteiger charge is -2.31. The molecule has 2 aliphatic rings. The first kappa shape index (κ1) is 22.1. The van der Waals surface area contributed by atoms with Gasteiger partial charge in [0, 0.05) is 44.4 Å². The Bertz CT molecular complexity index is 1310. The molecule has 1 aromatic heterocycles. The highest BCUT2D eigenvalue weighted by molar-refractivity contribution is 5.99. The fourth-order valence-corrected chi connectivity index (χ4v) is 4.56. The number of ether oxygens (including phenoxy) is 2. The van der Waals surface area contributed by atoms with Gasteiger partial charge in [-0.3, -0.25) is 24.6 Å². The van der Waals surface area contributed by atoms with Crippen LogP contribution in [0.5, 0.6) is 5.75 Å². The molecule has 1 amide bonds. The fourth-order valence-electron chi connectivity index (χ4n) is 4.56. The molecule has 0 N–H and O–H groups in total. The third-order valence-corrected chi connectivity index (χ3v) is 6.36. The van der Waals surface area contributed by atoms with Crippen molar-refractivity contribution in [3.05, 3.63) is 79.7 Å². The van der Waals surface area contributed by atoms with Crippen LogP contribution < -0.4 is 10.2 Å². The lowest BCUT2D eigenvalue weighted by atomic mass is 9.98. The molecule has 1 fully saturated rings. The van der Waals surface area contributed by atoms with Crippen molar-refractivity contribution in [1.29, 1.82) is 0 Å². The van der Waals surface area contributed by atoms with Crippen LogP contribution in [-0.4, -0.2) is 67.1 Å². The maximum Gasteiger partial charge on any atom is 0.290 e. The van der Waals surface area contributed by atoms with E-state index >= 15 is 0 Å². The predicted molar refractivity (Wildman–Crippen MR) is 122 cm³/mol. The van der Waals surface area contributed by atoms with E-state index in [2.05, 4.69) is 4.90 Å². The van der Waals surface area contributed by atoms with E-state index in [4.69, 9.17) is 13.9 Å². The summed E-state index contributed by atoms with van der Waals surface area (Å²) < 4.78 is 16.6. The van der Waals surface area contributed by atoms with E-state index in [1.807, 2.05) is 0 Å². The lowest BCUT2D eigenvalue weighted by molar-refractivity contribution is -0.384. The Kier molecular flexibility index (Phi) is 5.76. The molecule has 0 aliphatic carbocycles. The minimum absolute atomic E-state index is 0.00363. The van der Waals surface area contributed by atoms with Gasteiger partial charge in [0.15, 0.2) is 5.43 Å². The van der Waals surface area contributed by atoms with Crippen LogP contribution in [0.2, 0.25) is 0 Å². The van der Waals surface area contributed by atoms with E-state index in [0.29, 0.717) is 43.0 Å². The van der Waals surface area contributed by atoms with Crippen LogP contribution in [0.1, 0.15) is 27.7 Å². The number of rotatable bonds is 6. The molecule has 3 heterocycles. The van der Waals surface area contributed by atoms with Crippen LogP contribution in [0.4, 0.5) is 5.69 Å². The molecule has 34 heavy (non-hydrogen) atoms. The molecule has 0 spiro atoms. The number of nitrogens with zero attached hydrogens (tertiary/aromatic N) is 3. The zero-order valence-electron chi connectivity index (χ0n) is 18.6. The van der Waals surface area contributed by atoms with E-state index in [9.17, 15) is 19.7 Å². The zero-order valence-corrected chi connectivity index (χ0v) is 18.6. The molecule has 10 heteroatoms. The summed E-state index contributed by atoms with van der Waals surface area (Å²) in [5, 5.41) is 11.5. The number of non-ortho nitro benzene ring substituents is 1. The van der Waals surface area contributed by atoms with E-state index in [1.165, 1.54) is 19.2 Å². The molecule has 5 rings (SSSR count). The van der Waals surface area contributed by atoms with Crippen LogP contribution in [0.25, 0.3) is 11.0 Å². The van der Waals surface area contributed by atoms with Crippen molar-refractivity contribution in [1.82, 2.24) is 9.80 Å². The van der Waals surface area contributed by atoms with Gasteiger partial charge in [-0.25, -0.2) is 0 Å². The molecule has 10 nitrogen and oxygen atoms in total. The van der Waals surface area contributed by atoms with Crippen LogP contribution >= 0.6 is 0 Å². The molecule has 2 aliphatic heterocycles. The Labute approximate surface area is 194 Å². The van der Waals surface area contributed by atoms with E-state index in [1.54, 1.807) is 35.2 Å². The molecular formula is C24H23N3O7. The van der Waals surface area contributed by atoms with Gasteiger partial charge in [-0.2, -0.15) is 0 Å². The maximum absolute atomic E-state index is 13.6. The molecule has 176 valence electrons. The lowest BCUT2D eigenvalue weighted by Crippen LogP contribution is -2.42. The average Bonchev–Trinajstić information content (AvgIpc) is 3.14. The quantitative estimate of drug-likeness (QED) is 0.403. The van der Waals surface area contributed by atoms with Crippen LogP contribution in [-0.2, 0) is 4.74 Å². The Morgan fingerprint density at radius 1 is 1.09 bits per heavy atom. The van der Waals surface area contributed by atoms with Gasteiger partial charge in [0.05, 0.1) is 42.2 Å². The standard InChI is InChI=1S/C24H23N3O7/c1-32-17-6-7-18-19(14-17)34-23-20(22(18)28)21(15-2-4-16(5-3-15)27(30)31)26(24(23)29)9-8-25-10-12-33-13-11-25/h2-7,14,21H,8-13H2,1H3. The monoisotopic (exact) mass is 465 g/mol. The number of methoxy groups -OCH3 is 1. The number of hydrogen-bond donors (Lipinski definition) is 0. The topological polar surface area (TPSA) is 115 Å². The van der Waals surface area contributed by atoms with Gasteiger partial charge in [0.25, 0.3) is 11.6 Å². The second-order valence-electron chi connectivity index (χ2n) is 8.24. The van der Waals surface area contributed by atoms with E-state index in [0.717, 1.165) is 13.1 Å². The normalized spacial score (nSPS) is 18.3. The number of amides is 1. The van der Waals surface area contributed by atoms with Gasteiger partial charge < -0.3 is 18.8 Å². The van der Waals surface area contributed by atoms with Gasteiger partial charge in [-0.1, -0.05) is 0 Å². The first-order chi connectivity index (χ1) is 16.5. The van der Waals surface area contributed by atoms with E-state index < -0.39 is 11.0 Å². The molecule has 0 saturated carbocycles. The Hall–Kier alpha value is -3.76. The first-order valence-corrected chi connectivity index (χ1v) is 11.0. The van der Waals surface area contributed by atoms with Crippen molar-refractivity contribution in [3.63, 3.8) is 0 Å². The van der Waals surface area contributed by atoms with Crippen LogP contribution in [0, 0.1) is 10.1 Å². The Morgan fingerprint density at radius 2 is 1.82 bits per heavy atom. The second-order valence-corrected chi connectivity index (χ2v) is 8.24. The molecule has 0 radical (unpaired) electrons. The smallest absolute Gasteiger partial charge is 0.290 e. The number of nitro groups is 1. The van der Waals surface area contributed by atoms with Gasteiger partial charge >= 0.3 is 0 Å². The summed E-state index contributed by atoms with van der Waals surface area (Å²) in [5.74, 6) is 0.127. The number of carbonyl (C=O) groups is 1. The number of hydrogen-bond acceptors (Lipinski definition) is 8. The molecule has 3 aromatic rings. The summed E-state index contributed by atoms with van der Waals surface area (Å²) in [6.07, 6.45) is 0. The van der Waals surface area contributed by atoms with E-state index in [-0.39, 0.29) is 33.9 Å². The Morgan fingerprint density at radius 3 is 2.50 bits per heavy atom. The highest BCUT2D eigenvalue weighted by Crippen LogP contribution is 2.38. The van der Waals surface area contributed by atoms with Gasteiger partial charge in [0.1, 0.15) is 11.3 Å². The summed E-state index contributed by atoms with van der Waals surface area (Å²) >= 11 is 0. The SMILES string of the molecule is COc1ccc2c(=O)c3c(oc2c1)C(=O)N(CCN1CCOCC1)C3c1ccc([N+](=O)[O-])cc1. The van der Waals surface area contributed by atoms with Crippen LogP contribution in [0.15, 0.2) is 51.7 Å². The molecule has 1 unspecified atom stereocenters. The summed E-state index contributed by atoms with van der Waals surface area (Å²) in [6.45, 7) is 3.76. The minimum atomic E-state index is -0.702. The zero-order chi connectivity index (χ0) is 23.8. The fraction of sp³-hybridized carbons (Fsp3) is 0.333. The van der Waals surface area contributed by atoms with Crippen molar-refractivity contribution >= 4 is 22.6 Å². The number of fused-ring (bicyclic) bond motifs is 2. The molecule has 1 atom stereocenters. The second kappa shape index (κ2) is 8.88. The number of benzene rings is 2. The number of morpholine rings is 1. The van der Waals surface area contributed by atoms with Crippen molar-refractivity contribution in [2.75, 3.05) is 46.5 Å². The number of carbonyl (C=O) groups excluding carboxylic acids is 1. The molecular weight excluding hydrogens is 442 g/mol. The first-order valence-electron chi connectivity index (χ1n) is 11.0. The van der Waals surface area contributed by atoms with Gasteiger partial charge in [-0.15, -0.1) is 0 Å². The summed E-state index contributed by atoms with van der Waals surface area (Å²) in [6, 6.07) is 10.1. The van der Waals surface area contributed by atoms with Crippen molar-refractivity contribution in [2.45, 2.75) is 6.04 Å². The summed E-state index contributed by atoms with van der Waals surface area (Å²) in [7, 11) is 1.51. The number of nitro benzene ring substituents is 1. The van der Waals surface area contributed by atoms with Crippen LogP contribution in [0.3, 0.4) is 0 Å². The summed E-state index contributed by atoms with van der Waals surface area (Å²) in [4.78, 5) is 41.5. The highest BCUT2D eigenvalue weighted by atomic mass is 16.6. The Balaban J connectivity index is 1.60. The average molecular weight is 465 g/mol. The van der Waals surface area contributed by atoms with Crippen molar-refractivity contribution < 1.29 is 23.6 Å². The molecule has 0 bridgehead atoms. The minimum Gasteiger partial charge on any atom is -0.497 e. The maximum atomic E-state index is 13.6. The van der Waals surface area contributed by atoms with Gasteiger partial charge in [0.2, 0.25) is 5.76 Å². The van der Waals surface area contributed by atoms with Gasteiger partial charge in [-0.05, 0) is 29.8 Å². The predicted octanol–water partition coefficient (Wildman–Crippen LogP) is 2.59. The molecule has 2 aromatic carbocycles. The summed E-state index contributed by atoms with van der Waals surface area (Å²) in [5.41, 5.74) is 0.766. The highest BCUT2D eigenvalue weighted by Gasteiger charge is 2.42.